The monoisotopic (exact) mass is 688 g/mol. The highest BCUT2D eigenvalue weighted by Crippen LogP contribution is 2.52. The Morgan fingerprint density at radius 1 is 0.259 bits per heavy atom. The fraction of sp³-hybridized carbons (Fsp3) is 0. The molecule has 10 aromatic rings. The van der Waals surface area contributed by atoms with Crippen LogP contribution in [-0.2, 0) is 0 Å². The lowest BCUT2D eigenvalue weighted by molar-refractivity contribution is 1.24. The Bertz CT molecular complexity index is 2950. The van der Waals surface area contributed by atoms with Crippen LogP contribution in [0.3, 0.4) is 0 Å². The molecule has 0 aromatic heterocycles. The Morgan fingerprint density at radius 3 is 1.28 bits per heavy atom. The molecule has 54 heavy (non-hydrogen) atoms. The highest BCUT2D eigenvalue weighted by Gasteiger charge is 2.27. The van der Waals surface area contributed by atoms with Crippen molar-refractivity contribution in [3.05, 3.63) is 218 Å². The number of benzene rings is 10. The number of hydrogen-bond donors (Lipinski definition) is 0. The zero-order chi connectivity index (χ0) is 35.8. The molecule has 0 spiro atoms. The van der Waals surface area contributed by atoms with Crippen LogP contribution in [0, 0.1) is 0 Å². The zero-order valence-electron chi connectivity index (χ0n) is 29.7. The Kier molecular flexibility index (Phi) is 7.85. The summed E-state index contributed by atoms with van der Waals surface area (Å²) in [7, 11) is 0. The number of anilines is 6. The van der Waals surface area contributed by atoms with Crippen molar-refractivity contribution in [2.75, 3.05) is 9.80 Å². The highest BCUT2D eigenvalue weighted by molar-refractivity contribution is 6.08. The van der Waals surface area contributed by atoms with Gasteiger partial charge < -0.3 is 9.80 Å². The fourth-order valence-electron chi connectivity index (χ4n) is 8.03. The molecular weight excluding hydrogens is 653 g/mol. The molecule has 2 nitrogen and oxygen atoms in total. The van der Waals surface area contributed by atoms with E-state index in [4.69, 9.17) is 0 Å². The zero-order valence-corrected chi connectivity index (χ0v) is 29.7. The van der Waals surface area contributed by atoms with Gasteiger partial charge in [0, 0.05) is 27.7 Å². The molecule has 0 saturated carbocycles. The number of para-hydroxylation sites is 1. The normalized spacial score (nSPS) is 11.3. The van der Waals surface area contributed by atoms with Crippen molar-refractivity contribution in [1.82, 2.24) is 0 Å². The third kappa shape index (κ3) is 5.53. The first kappa shape index (κ1) is 31.6. The molecule has 0 unspecified atom stereocenters. The van der Waals surface area contributed by atoms with E-state index in [0.717, 1.165) is 45.3 Å². The van der Waals surface area contributed by atoms with E-state index in [-0.39, 0.29) is 0 Å². The van der Waals surface area contributed by atoms with Gasteiger partial charge >= 0.3 is 0 Å². The van der Waals surface area contributed by atoms with Crippen molar-refractivity contribution in [3.63, 3.8) is 0 Å². The third-order valence-corrected chi connectivity index (χ3v) is 10.6. The van der Waals surface area contributed by atoms with Gasteiger partial charge in [0.05, 0.1) is 22.7 Å². The summed E-state index contributed by atoms with van der Waals surface area (Å²) in [5.41, 5.74) is 8.87. The molecule has 0 atom stereocenters. The molecular formula is C52H36N2. The minimum Gasteiger partial charge on any atom is -0.308 e. The predicted octanol–water partition coefficient (Wildman–Crippen LogP) is 14.9. The molecule has 0 N–H and O–H groups in total. The fourth-order valence-corrected chi connectivity index (χ4v) is 8.03. The van der Waals surface area contributed by atoms with Gasteiger partial charge in [0.15, 0.2) is 0 Å². The summed E-state index contributed by atoms with van der Waals surface area (Å²) in [4.78, 5) is 4.96. The van der Waals surface area contributed by atoms with Crippen molar-refractivity contribution in [2.45, 2.75) is 0 Å². The minimum absolute atomic E-state index is 1.07. The lowest BCUT2D eigenvalue weighted by Gasteiger charge is -2.36. The lowest BCUT2D eigenvalue weighted by Crippen LogP contribution is -2.18. The van der Waals surface area contributed by atoms with E-state index in [1.165, 1.54) is 43.1 Å². The summed E-state index contributed by atoms with van der Waals surface area (Å²) in [6.45, 7) is 0. The molecule has 10 rings (SSSR count). The van der Waals surface area contributed by atoms with E-state index in [9.17, 15) is 0 Å². The second-order valence-electron chi connectivity index (χ2n) is 13.8. The molecule has 0 fully saturated rings. The maximum absolute atomic E-state index is 2.49. The highest BCUT2D eigenvalue weighted by atomic mass is 15.2. The summed E-state index contributed by atoms with van der Waals surface area (Å²) in [6.07, 6.45) is 0. The molecule has 0 aliphatic heterocycles. The average Bonchev–Trinajstić information content (AvgIpc) is 3.24. The van der Waals surface area contributed by atoms with E-state index in [0.29, 0.717) is 0 Å². The van der Waals surface area contributed by atoms with E-state index < -0.39 is 0 Å². The minimum atomic E-state index is 1.07. The molecule has 0 bridgehead atoms. The van der Waals surface area contributed by atoms with E-state index in [2.05, 4.69) is 228 Å². The van der Waals surface area contributed by atoms with Crippen LogP contribution in [0.4, 0.5) is 34.1 Å². The van der Waals surface area contributed by atoms with Crippen LogP contribution in [-0.4, -0.2) is 0 Å². The standard InChI is InChI=1S/C52H36N2/c1-2-17-41(18-3-1)48-27-14-30-51(53(44-33-31-37-15-4-6-21-42(37)35-44)49-28-12-23-39-19-8-10-25-46(39)49)52(48)54(45-34-32-38-16-5-7-22-43(38)36-45)50-29-13-24-40-20-9-11-26-47(40)50/h1-36H. The Labute approximate surface area is 315 Å². The maximum atomic E-state index is 2.49. The number of nitrogens with zero attached hydrogens (tertiary/aromatic N) is 2. The van der Waals surface area contributed by atoms with Gasteiger partial charge in [0.25, 0.3) is 0 Å². The molecule has 10 aromatic carbocycles. The summed E-state index contributed by atoms with van der Waals surface area (Å²) in [5, 5.41) is 9.58. The van der Waals surface area contributed by atoms with Crippen molar-refractivity contribution >= 4 is 77.2 Å². The molecule has 0 heterocycles. The second kappa shape index (κ2) is 13.4. The van der Waals surface area contributed by atoms with Crippen LogP contribution >= 0.6 is 0 Å². The maximum Gasteiger partial charge on any atom is 0.0781 e. The topological polar surface area (TPSA) is 6.48 Å². The van der Waals surface area contributed by atoms with Gasteiger partial charge in [-0.15, -0.1) is 0 Å². The number of rotatable bonds is 7. The summed E-state index contributed by atoms with van der Waals surface area (Å²) >= 11 is 0. The Balaban J connectivity index is 1.35. The second-order valence-corrected chi connectivity index (χ2v) is 13.8. The predicted molar refractivity (Wildman–Crippen MR) is 231 cm³/mol. The first-order valence-electron chi connectivity index (χ1n) is 18.5. The summed E-state index contributed by atoms with van der Waals surface area (Å²) in [5.74, 6) is 0. The van der Waals surface area contributed by atoms with E-state index in [1.54, 1.807) is 0 Å². The van der Waals surface area contributed by atoms with Crippen LogP contribution in [0.25, 0.3) is 54.2 Å². The van der Waals surface area contributed by atoms with Crippen LogP contribution in [0.15, 0.2) is 218 Å². The summed E-state index contributed by atoms with van der Waals surface area (Å²) in [6, 6.07) is 79.3. The SMILES string of the molecule is c1ccc(-c2cccc(N(c3ccc4ccccc4c3)c3cccc4ccccc34)c2N(c2ccc3ccccc3c2)c2cccc3ccccc23)cc1. The molecule has 2 heteroatoms. The third-order valence-electron chi connectivity index (χ3n) is 10.6. The quantitative estimate of drug-likeness (QED) is 0.164. The van der Waals surface area contributed by atoms with Gasteiger partial charge in [-0.3, -0.25) is 0 Å². The van der Waals surface area contributed by atoms with Crippen molar-refractivity contribution in [1.29, 1.82) is 0 Å². The number of hydrogen-bond acceptors (Lipinski definition) is 2. The van der Waals surface area contributed by atoms with Gasteiger partial charge in [0.1, 0.15) is 0 Å². The first-order chi connectivity index (χ1) is 26.8. The number of fused-ring (bicyclic) bond motifs is 4. The van der Waals surface area contributed by atoms with Crippen LogP contribution in [0.2, 0.25) is 0 Å². The van der Waals surface area contributed by atoms with Gasteiger partial charge in [-0.05, 0) is 80.3 Å². The van der Waals surface area contributed by atoms with Crippen LogP contribution in [0.5, 0.6) is 0 Å². The average molecular weight is 689 g/mol. The Morgan fingerprint density at radius 2 is 0.685 bits per heavy atom. The summed E-state index contributed by atoms with van der Waals surface area (Å²) < 4.78 is 0. The molecule has 0 aliphatic carbocycles. The van der Waals surface area contributed by atoms with E-state index in [1.807, 2.05) is 0 Å². The molecule has 0 aliphatic rings. The first-order valence-corrected chi connectivity index (χ1v) is 18.5. The van der Waals surface area contributed by atoms with Crippen molar-refractivity contribution in [2.24, 2.45) is 0 Å². The van der Waals surface area contributed by atoms with Crippen molar-refractivity contribution in [3.8, 4) is 11.1 Å². The molecule has 0 amide bonds. The molecule has 254 valence electrons. The van der Waals surface area contributed by atoms with Crippen LogP contribution < -0.4 is 9.80 Å². The van der Waals surface area contributed by atoms with Gasteiger partial charge in [-0.25, -0.2) is 0 Å². The largest absolute Gasteiger partial charge is 0.308 e. The van der Waals surface area contributed by atoms with Gasteiger partial charge in [-0.2, -0.15) is 0 Å². The molecule has 0 saturated heterocycles. The lowest BCUT2D eigenvalue weighted by atomic mass is 9.97. The van der Waals surface area contributed by atoms with Crippen molar-refractivity contribution < 1.29 is 0 Å². The van der Waals surface area contributed by atoms with Crippen LogP contribution in [0.1, 0.15) is 0 Å². The molecule has 0 radical (unpaired) electrons. The van der Waals surface area contributed by atoms with Gasteiger partial charge in [-0.1, -0.05) is 176 Å². The smallest absolute Gasteiger partial charge is 0.0781 e. The Hall–Kier alpha value is -7.16. The van der Waals surface area contributed by atoms with E-state index >= 15 is 0 Å². The van der Waals surface area contributed by atoms with Gasteiger partial charge in [0.2, 0.25) is 0 Å².